The van der Waals surface area contributed by atoms with Gasteiger partial charge < -0.3 is 19.6 Å². The number of benzene rings is 8. The Morgan fingerprint density at radius 1 is 0.354 bits per heavy atom. The van der Waals surface area contributed by atoms with E-state index in [0.29, 0.717) is 0 Å². The van der Waals surface area contributed by atoms with Crippen LogP contribution in [0.3, 0.4) is 0 Å². The molecule has 8 aromatic carbocycles. The van der Waals surface area contributed by atoms with Crippen molar-refractivity contribution in [3.63, 3.8) is 0 Å². The van der Waals surface area contributed by atoms with Gasteiger partial charge in [0.25, 0.3) is 0 Å². The topological polar surface area (TPSA) is 25.9 Å². The lowest BCUT2D eigenvalue weighted by Gasteiger charge is -2.40. The molecule has 9 aromatic rings. The van der Waals surface area contributed by atoms with Crippen molar-refractivity contribution in [1.82, 2.24) is 4.98 Å². The summed E-state index contributed by atoms with van der Waals surface area (Å²) < 4.78 is 0. The molecule has 2 aliphatic heterocycles. The minimum absolute atomic E-state index is 0.00750. The molecule has 1 saturated carbocycles. The normalized spacial score (nSPS) is 15.1. The summed E-state index contributed by atoms with van der Waals surface area (Å²) in [5, 5.41) is 0. The maximum atomic E-state index is 5.03. The highest BCUT2D eigenvalue weighted by molar-refractivity contribution is 6.03. The molecule has 2 aliphatic carbocycles. The van der Waals surface area contributed by atoms with E-state index in [1.165, 1.54) is 69.1 Å². The van der Waals surface area contributed by atoms with Crippen molar-refractivity contribution in [2.24, 2.45) is 0 Å². The van der Waals surface area contributed by atoms with Crippen LogP contribution in [-0.2, 0) is 5.41 Å². The minimum Gasteiger partial charge on any atom is -0.306 e. The standard InChI is InChI=1S/C60H45N5/c1-3-17-44(18-4-1)62-52-21-7-11-25-56(52)64(57-26-12-8-22-53(57)62)46-34-36-49-48-35-30-42(39-50(48)60(51(49)40-46)37-15-16-38-60)29-31-43-32-33-47(41-61-43)65-58-27-13-9-23-54(58)63(45-19-5-2-6-20-45)55-24-10-14-28-59(55)65/h1-14,17-36,39-41H,15-16,37-38H2/b31-29+. The molecule has 0 unspecified atom stereocenters. The van der Waals surface area contributed by atoms with Gasteiger partial charge in [-0.3, -0.25) is 4.98 Å². The van der Waals surface area contributed by atoms with Crippen molar-refractivity contribution < 1.29 is 0 Å². The van der Waals surface area contributed by atoms with Gasteiger partial charge in [0.15, 0.2) is 0 Å². The molecule has 4 aliphatic rings. The lowest BCUT2D eigenvalue weighted by atomic mass is 9.76. The summed E-state index contributed by atoms with van der Waals surface area (Å²) in [5.74, 6) is 0. The van der Waals surface area contributed by atoms with E-state index in [1.807, 2.05) is 6.20 Å². The zero-order valence-electron chi connectivity index (χ0n) is 35.9. The first-order chi connectivity index (χ1) is 32.2. The van der Waals surface area contributed by atoms with Gasteiger partial charge in [-0.1, -0.05) is 128 Å². The summed E-state index contributed by atoms with van der Waals surface area (Å²) in [5.41, 5.74) is 21.5. The van der Waals surface area contributed by atoms with E-state index < -0.39 is 0 Å². The van der Waals surface area contributed by atoms with Crippen LogP contribution in [0.15, 0.2) is 212 Å². The van der Waals surface area contributed by atoms with Crippen LogP contribution < -0.4 is 19.6 Å². The predicted molar refractivity (Wildman–Crippen MR) is 270 cm³/mol. The molecule has 0 radical (unpaired) electrons. The third-order valence-electron chi connectivity index (χ3n) is 14.0. The molecule has 1 aromatic heterocycles. The van der Waals surface area contributed by atoms with Gasteiger partial charge >= 0.3 is 0 Å². The van der Waals surface area contributed by atoms with Gasteiger partial charge in [-0.05, 0) is 144 Å². The van der Waals surface area contributed by atoms with Gasteiger partial charge in [0.05, 0.1) is 63.1 Å². The van der Waals surface area contributed by atoms with Gasteiger partial charge in [0, 0.05) is 22.5 Å². The molecule has 0 N–H and O–H groups in total. The van der Waals surface area contributed by atoms with Gasteiger partial charge in [-0.15, -0.1) is 0 Å². The molecular weight excluding hydrogens is 791 g/mol. The highest BCUT2D eigenvalue weighted by atomic mass is 15.3. The average molecular weight is 836 g/mol. The number of aromatic nitrogens is 1. The molecule has 1 spiro atoms. The van der Waals surface area contributed by atoms with Crippen LogP contribution in [0, 0.1) is 0 Å². The predicted octanol–water partition coefficient (Wildman–Crippen LogP) is 16.6. The molecular formula is C60H45N5. The van der Waals surface area contributed by atoms with E-state index in [2.05, 4.69) is 238 Å². The number of para-hydroxylation sites is 10. The first-order valence-electron chi connectivity index (χ1n) is 22.8. The van der Waals surface area contributed by atoms with Crippen LogP contribution in [0.2, 0.25) is 0 Å². The number of fused-ring (bicyclic) bond motifs is 9. The number of anilines is 12. The maximum Gasteiger partial charge on any atom is 0.0704 e. The molecule has 0 bridgehead atoms. The Bertz CT molecular complexity index is 3200. The Hall–Kier alpha value is -8.15. The molecule has 13 rings (SSSR count). The second-order valence-electron chi connectivity index (χ2n) is 17.6. The smallest absolute Gasteiger partial charge is 0.0704 e. The molecule has 0 saturated heterocycles. The van der Waals surface area contributed by atoms with Crippen LogP contribution >= 0.6 is 0 Å². The Labute approximate surface area is 380 Å². The quantitative estimate of drug-likeness (QED) is 0.166. The third-order valence-corrected chi connectivity index (χ3v) is 14.0. The minimum atomic E-state index is -0.00750. The van der Waals surface area contributed by atoms with Gasteiger partial charge in [-0.25, -0.2) is 0 Å². The summed E-state index contributed by atoms with van der Waals surface area (Å²) in [6, 6.07) is 74.9. The van der Waals surface area contributed by atoms with Crippen molar-refractivity contribution in [3.05, 3.63) is 235 Å². The number of rotatable bonds is 6. The van der Waals surface area contributed by atoms with E-state index in [4.69, 9.17) is 4.98 Å². The van der Waals surface area contributed by atoms with Crippen molar-refractivity contribution in [1.29, 1.82) is 0 Å². The first-order valence-corrected chi connectivity index (χ1v) is 22.8. The second-order valence-corrected chi connectivity index (χ2v) is 17.6. The van der Waals surface area contributed by atoms with E-state index in [1.54, 1.807) is 0 Å². The SMILES string of the molecule is C(=C\c1ccc(N2c3ccccc3N(c3ccccc3)c3ccccc32)cn1)/c1ccc2c(c1)C1(CCCC1)c1cc(N3c4ccccc4N(c4ccccc4)c4ccccc43)ccc1-2. The highest BCUT2D eigenvalue weighted by Crippen LogP contribution is 2.60. The third kappa shape index (κ3) is 5.89. The average Bonchev–Trinajstić information content (AvgIpc) is 3.98. The van der Waals surface area contributed by atoms with Gasteiger partial charge in [0.2, 0.25) is 0 Å². The Morgan fingerprint density at radius 3 is 1.22 bits per heavy atom. The van der Waals surface area contributed by atoms with Gasteiger partial charge in [0.1, 0.15) is 0 Å². The summed E-state index contributed by atoms with van der Waals surface area (Å²) in [4.78, 5) is 14.6. The van der Waals surface area contributed by atoms with E-state index >= 15 is 0 Å². The van der Waals surface area contributed by atoms with Crippen molar-refractivity contribution in [2.45, 2.75) is 31.1 Å². The molecule has 5 heteroatoms. The molecule has 310 valence electrons. The number of pyridine rings is 1. The second kappa shape index (κ2) is 15.0. The number of hydrogen-bond acceptors (Lipinski definition) is 5. The lowest BCUT2D eigenvalue weighted by Crippen LogP contribution is -2.25. The zero-order valence-corrected chi connectivity index (χ0v) is 35.9. The Kier molecular flexibility index (Phi) is 8.63. The van der Waals surface area contributed by atoms with Crippen molar-refractivity contribution in [3.8, 4) is 11.1 Å². The first kappa shape index (κ1) is 37.4. The van der Waals surface area contributed by atoms with E-state index in [9.17, 15) is 0 Å². The van der Waals surface area contributed by atoms with Gasteiger partial charge in [-0.2, -0.15) is 0 Å². The van der Waals surface area contributed by atoms with E-state index in [0.717, 1.165) is 58.3 Å². The van der Waals surface area contributed by atoms with Crippen LogP contribution in [0.25, 0.3) is 23.3 Å². The van der Waals surface area contributed by atoms with Crippen LogP contribution in [0.1, 0.15) is 48.1 Å². The highest BCUT2D eigenvalue weighted by Gasteiger charge is 2.45. The lowest BCUT2D eigenvalue weighted by molar-refractivity contribution is 0.550. The number of hydrogen-bond donors (Lipinski definition) is 0. The monoisotopic (exact) mass is 835 g/mol. The van der Waals surface area contributed by atoms with Crippen molar-refractivity contribution in [2.75, 3.05) is 19.6 Å². The van der Waals surface area contributed by atoms with Crippen LogP contribution in [-0.4, -0.2) is 4.98 Å². The summed E-state index contributed by atoms with van der Waals surface area (Å²) in [7, 11) is 0. The van der Waals surface area contributed by atoms with Crippen LogP contribution in [0.5, 0.6) is 0 Å². The summed E-state index contributed by atoms with van der Waals surface area (Å²) >= 11 is 0. The largest absolute Gasteiger partial charge is 0.306 e. The van der Waals surface area contributed by atoms with E-state index in [-0.39, 0.29) is 5.41 Å². The Balaban J connectivity index is 0.822. The molecule has 1 fully saturated rings. The van der Waals surface area contributed by atoms with Crippen molar-refractivity contribution >= 4 is 80.4 Å². The fraction of sp³-hybridized carbons (Fsp3) is 0.0833. The summed E-state index contributed by atoms with van der Waals surface area (Å²) in [6.45, 7) is 0. The zero-order chi connectivity index (χ0) is 42.9. The molecule has 65 heavy (non-hydrogen) atoms. The number of nitrogens with zero attached hydrogens (tertiary/aromatic N) is 5. The summed E-state index contributed by atoms with van der Waals surface area (Å²) in [6.07, 6.45) is 11.2. The molecule has 0 atom stereocenters. The fourth-order valence-corrected chi connectivity index (χ4v) is 11.2. The molecule has 5 nitrogen and oxygen atoms in total. The van der Waals surface area contributed by atoms with Crippen LogP contribution in [0.4, 0.5) is 68.2 Å². The maximum absolute atomic E-state index is 5.03. The fourth-order valence-electron chi connectivity index (χ4n) is 11.2. The Morgan fingerprint density at radius 2 is 0.754 bits per heavy atom. The molecule has 3 heterocycles. The molecule has 0 amide bonds.